The van der Waals surface area contributed by atoms with Crippen LogP contribution < -0.4 is 10.2 Å². The fraction of sp³-hybridized carbons (Fsp3) is 0.500. The van der Waals surface area contributed by atoms with E-state index in [0.29, 0.717) is 19.7 Å². The van der Waals surface area contributed by atoms with Crippen molar-refractivity contribution in [2.75, 3.05) is 24.6 Å². The zero-order chi connectivity index (χ0) is 17.1. The molecule has 3 heterocycles. The largest absolute Gasteiger partial charge is 0.367 e. The minimum atomic E-state index is -0.172. The summed E-state index contributed by atoms with van der Waals surface area (Å²) in [6, 6.07) is 1.96. The number of carbonyl (C=O) groups excluding carboxylic acids is 1. The lowest BCUT2D eigenvalue weighted by molar-refractivity contribution is -0.119. The fourth-order valence-electron chi connectivity index (χ4n) is 2.69. The molecule has 8 nitrogen and oxygen atoms in total. The summed E-state index contributed by atoms with van der Waals surface area (Å²) in [5.41, 5.74) is 2.76. The first-order valence-corrected chi connectivity index (χ1v) is 7.98. The van der Waals surface area contributed by atoms with Crippen LogP contribution in [0.15, 0.2) is 12.3 Å². The number of aryl methyl sites for hydroxylation is 2. The average molecular weight is 330 g/mol. The third-order valence-corrected chi connectivity index (χ3v) is 3.80. The molecule has 0 aliphatic carbocycles. The number of nitrogens with one attached hydrogen (secondary N) is 2. The highest BCUT2D eigenvalue weighted by atomic mass is 16.5. The van der Waals surface area contributed by atoms with Gasteiger partial charge in [-0.15, -0.1) is 0 Å². The lowest BCUT2D eigenvalue weighted by Crippen LogP contribution is -2.40. The molecule has 1 aliphatic heterocycles. The highest BCUT2D eigenvalue weighted by molar-refractivity contribution is 5.72. The number of H-pyrrole nitrogens is 1. The Morgan fingerprint density at radius 2 is 2.17 bits per heavy atom. The molecule has 2 aromatic rings. The molecule has 0 aromatic carbocycles. The Morgan fingerprint density at radius 1 is 1.42 bits per heavy atom. The summed E-state index contributed by atoms with van der Waals surface area (Å²) < 4.78 is 5.84. The predicted molar refractivity (Wildman–Crippen MR) is 88.5 cm³/mol. The van der Waals surface area contributed by atoms with E-state index >= 15 is 0 Å². The van der Waals surface area contributed by atoms with Gasteiger partial charge in [-0.1, -0.05) is 0 Å². The van der Waals surface area contributed by atoms with E-state index in [0.717, 1.165) is 35.4 Å². The Kier molecular flexibility index (Phi) is 4.75. The van der Waals surface area contributed by atoms with Crippen LogP contribution in [0.3, 0.4) is 0 Å². The lowest BCUT2D eigenvalue weighted by atomic mass is 10.2. The van der Waals surface area contributed by atoms with Crippen molar-refractivity contribution in [3.63, 3.8) is 0 Å². The summed E-state index contributed by atoms with van der Waals surface area (Å²) in [7, 11) is 0. The van der Waals surface area contributed by atoms with E-state index in [2.05, 4.69) is 30.2 Å². The van der Waals surface area contributed by atoms with E-state index in [1.165, 1.54) is 6.92 Å². The Labute approximate surface area is 140 Å². The molecular weight excluding hydrogens is 308 g/mol. The minimum absolute atomic E-state index is 0.0711. The first-order valence-electron chi connectivity index (χ1n) is 7.98. The van der Waals surface area contributed by atoms with Gasteiger partial charge in [0.25, 0.3) is 0 Å². The number of aromatic nitrogens is 4. The summed E-state index contributed by atoms with van der Waals surface area (Å²) >= 11 is 0. The zero-order valence-electron chi connectivity index (χ0n) is 14.2. The van der Waals surface area contributed by atoms with Crippen LogP contribution in [0.1, 0.15) is 35.9 Å². The molecule has 0 spiro atoms. The Hall–Kier alpha value is -2.48. The summed E-state index contributed by atoms with van der Waals surface area (Å²) in [4.78, 5) is 29.7. The van der Waals surface area contributed by atoms with Gasteiger partial charge in [0.1, 0.15) is 11.9 Å². The van der Waals surface area contributed by atoms with Gasteiger partial charge in [-0.2, -0.15) is 0 Å². The first kappa shape index (κ1) is 16.4. The van der Waals surface area contributed by atoms with E-state index in [9.17, 15) is 4.79 Å². The van der Waals surface area contributed by atoms with Gasteiger partial charge >= 0.3 is 0 Å². The number of aromatic amines is 1. The van der Waals surface area contributed by atoms with Crippen LogP contribution in [0, 0.1) is 13.8 Å². The Balaban J connectivity index is 1.70. The van der Waals surface area contributed by atoms with Gasteiger partial charge in [-0.3, -0.25) is 4.79 Å². The summed E-state index contributed by atoms with van der Waals surface area (Å²) in [5, 5.41) is 2.74. The quantitative estimate of drug-likeness (QED) is 0.869. The zero-order valence-corrected chi connectivity index (χ0v) is 14.2. The minimum Gasteiger partial charge on any atom is -0.367 e. The molecular formula is C16H22N6O2. The number of amides is 1. The Morgan fingerprint density at radius 3 is 2.88 bits per heavy atom. The lowest BCUT2D eigenvalue weighted by Gasteiger charge is -2.32. The number of nitrogens with zero attached hydrogens (tertiary/aromatic N) is 4. The molecule has 0 saturated carbocycles. The van der Waals surface area contributed by atoms with E-state index in [-0.39, 0.29) is 12.0 Å². The normalized spacial score (nSPS) is 17.8. The van der Waals surface area contributed by atoms with Crippen LogP contribution in [0.2, 0.25) is 0 Å². The maximum Gasteiger partial charge on any atom is 0.225 e. The number of anilines is 1. The summed E-state index contributed by atoms with van der Waals surface area (Å²) in [6.45, 7) is 7.83. The molecule has 1 atom stereocenters. The molecule has 2 aromatic heterocycles. The number of rotatable bonds is 4. The monoisotopic (exact) mass is 330 g/mol. The van der Waals surface area contributed by atoms with Crippen molar-refractivity contribution in [3.8, 4) is 0 Å². The molecule has 0 radical (unpaired) electrons. The third kappa shape index (κ3) is 3.88. The van der Waals surface area contributed by atoms with Gasteiger partial charge in [0.15, 0.2) is 0 Å². The van der Waals surface area contributed by atoms with Gasteiger partial charge < -0.3 is 19.9 Å². The fourth-order valence-corrected chi connectivity index (χ4v) is 2.69. The van der Waals surface area contributed by atoms with Gasteiger partial charge in [0.2, 0.25) is 11.9 Å². The molecule has 8 heteroatoms. The predicted octanol–water partition coefficient (Wildman–Crippen LogP) is 1.03. The van der Waals surface area contributed by atoms with Crippen molar-refractivity contribution in [1.82, 2.24) is 25.3 Å². The molecule has 1 aliphatic rings. The average Bonchev–Trinajstić information content (AvgIpc) is 3.01. The molecule has 0 bridgehead atoms. The van der Waals surface area contributed by atoms with Crippen LogP contribution in [0.25, 0.3) is 0 Å². The van der Waals surface area contributed by atoms with Crippen molar-refractivity contribution < 1.29 is 9.53 Å². The molecule has 24 heavy (non-hydrogen) atoms. The van der Waals surface area contributed by atoms with Crippen LogP contribution in [-0.2, 0) is 16.1 Å². The highest BCUT2D eigenvalue weighted by Crippen LogP contribution is 2.22. The van der Waals surface area contributed by atoms with Gasteiger partial charge in [-0.05, 0) is 19.9 Å². The van der Waals surface area contributed by atoms with Crippen molar-refractivity contribution in [1.29, 1.82) is 0 Å². The second-order valence-electron chi connectivity index (χ2n) is 5.96. The number of hydrogen-bond acceptors (Lipinski definition) is 6. The number of morpholine rings is 1. The number of ether oxygens (including phenoxy) is 1. The first-order chi connectivity index (χ1) is 11.5. The van der Waals surface area contributed by atoms with Crippen LogP contribution in [0.4, 0.5) is 5.95 Å². The van der Waals surface area contributed by atoms with Crippen molar-refractivity contribution >= 4 is 11.9 Å². The van der Waals surface area contributed by atoms with Crippen LogP contribution in [0.5, 0.6) is 0 Å². The van der Waals surface area contributed by atoms with Gasteiger partial charge in [-0.25, -0.2) is 15.0 Å². The molecule has 1 saturated heterocycles. The second kappa shape index (κ2) is 6.96. The van der Waals surface area contributed by atoms with Crippen LogP contribution in [-0.4, -0.2) is 45.5 Å². The molecule has 3 rings (SSSR count). The van der Waals surface area contributed by atoms with E-state index in [1.54, 1.807) is 6.20 Å². The van der Waals surface area contributed by atoms with Crippen molar-refractivity contribution in [2.24, 2.45) is 0 Å². The van der Waals surface area contributed by atoms with Crippen molar-refractivity contribution in [3.05, 3.63) is 35.2 Å². The standard InChI is InChI=1S/C16H22N6O2/c1-10-6-11(2)20-16(19-10)22-4-5-24-14(9-22)15-18-8-13(21-15)7-17-12(3)23/h6,8,14H,4-5,7,9H2,1-3H3,(H,17,23)(H,18,21). The number of imidazole rings is 1. The summed E-state index contributed by atoms with van der Waals surface area (Å²) in [6.07, 6.45) is 1.55. The van der Waals surface area contributed by atoms with E-state index in [1.807, 2.05) is 19.9 Å². The molecule has 2 N–H and O–H groups in total. The van der Waals surface area contributed by atoms with E-state index < -0.39 is 0 Å². The molecule has 128 valence electrons. The molecule has 1 amide bonds. The van der Waals surface area contributed by atoms with Gasteiger partial charge in [0.05, 0.1) is 31.6 Å². The van der Waals surface area contributed by atoms with Crippen molar-refractivity contribution in [2.45, 2.75) is 33.4 Å². The molecule has 1 unspecified atom stereocenters. The summed E-state index contributed by atoms with van der Waals surface area (Å²) in [5.74, 6) is 1.41. The highest BCUT2D eigenvalue weighted by Gasteiger charge is 2.26. The number of hydrogen-bond donors (Lipinski definition) is 2. The SMILES string of the molecule is CC(=O)NCc1cnc(C2CN(c3nc(C)cc(C)n3)CCO2)[nH]1. The van der Waals surface area contributed by atoms with E-state index in [4.69, 9.17) is 4.74 Å². The molecule has 1 fully saturated rings. The maximum absolute atomic E-state index is 11.0. The second-order valence-corrected chi connectivity index (χ2v) is 5.96. The topological polar surface area (TPSA) is 96.0 Å². The third-order valence-electron chi connectivity index (χ3n) is 3.80. The Bertz CT molecular complexity index is 709. The smallest absolute Gasteiger partial charge is 0.225 e. The van der Waals surface area contributed by atoms with Gasteiger partial charge in [0, 0.05) is 24.9 Å². The van der Waals surface area contributed by atoms with Crippen LogP contribution >= 0.6 is 0 Å². The number of carbonyl (C=O) groups is 1. The maximum atomic E-state index is 11.0.